The molecule has 19 heavy (non-hydrogen) atoms. The molecule has 2 heterocycles. The Hall–Kier alpha value is -0.380. The van der Waals surface area contributed by atoms with Crippen LogP contribution in [-0.4, -0.2) is 18.8 Å². The Balaban J connectivity index is 1.94. The number of hydrogen-bond donors (Lipinski definition) is 1. The highest BCUT2D eigenvalue weighted by molar-refractivity contribution is 7.10. The lowest BCUT2D eigenvalue weighted by Crippen LogP contribution is -2.41. The van der Waals surface area contributed by atoms with Gasteiger partial charge in [-0.2, -0.15) is 0 Å². The molecule has 0 aliphatic carbocycles. The molecule has 1 aliphatic rings. The van der Waals surface area contributed by atoms with Crippen molar-refractivity contribution in [3.63, 3.8) is 0 Å². The average molecular weight is 281 g/mol. The zero-order chi connectivity index (χ0) is 13.7. The van der Waals surface area contributed by atoms with E-state index in [1.807, 2.05) is 11.3 Å². The van der Waals surface area contributed by atoms with Crippen molar-refractivity contribution in [3.05, 3.63) is 22.4 Å². The second-order valence-electron chi connectivity index (χ2n) is 5.91. The SMILES string of the molecule is CCCC1CC(NC(c2cccs2)C(C)C)CCO1. The highest BCUT2D eigenvalue weighted by Crippen LogP contribution is 2.28. The molecule has 0 bridgehead atoms. The average Bonchev–Trinajstić information content (AvgIpc) is 2.90. The first-order valence-electron chi connectivity index (χ1n) is 7.61. The van der Waals surface area contributed by atoms with Gasteiger partial charge in [-0.1, -0.05) is 33.3 Å². The van der Waals surface area contributed by atoms with Crippen LogP contribution in [-0.2, 0) is 4.74 Å². The van der Waals surface area contributed by atoms with E-state index in [1.165, 1.54) is 24.1 Å². The molecule has 0 radical (unpaired) electrons. The normalized spacial score (nSPS) is 25.7. The molecule has 0 aromatic carbocycles. The molecule has 2 rings (SSSR count). The Bertz CT molecular complexity index is 348. The van der Waals surface area contributed by atoms with Gasteiger partial charge in [0.05, 0.1) is 6.10 Å². The van der Waals surface area contributed by atoms with E-state index in [4.69, 9.17) is 4.74 Å². The number of rotatable bonds is 6. The van der Waals surface area contributed by atoms with E-state index in [9.17, 15) is 0 Å². The van der Waals surface area contributed by atoms with Gasteiger partial charge in [-0.05, 0) is 36.6 Å². The smallest absolute Gasteiger partial charge is 0.0589 e. The van der Waals surface area contributed by atoms with Gasteiger partial charge in [0.25, 0.3) is 0 Å². The molecule has 3 heteroatoms. The van der Waals surface area contributed by atoms with E-state index in [0.29, 0.717) is 24.1 Å². The van der Waals surface area contributed by atoms with Crippen LogP contribution in [0.15, 0.2) is 17.5 Å². The summed E-state index contributed by atoms with van der Waals surface area (Å²) < 4.78 is 5.84. The summed E-state index contributed by atoms with van der Waals surface area (Å²) >= 11 is 1.87. The fraction of sp³-hybridized carbons (Fsp3) is 0.750. The first-order chi connectivity index (χ1) is 9.20. The van der Waals surface area contributed by atoms with Gasteiger partial charge in [0.15, 0.2) is 0 Å². The van der Waals surface area contributed by atoms with Gasteiger partial charge in [0, 0.05) is 23.6 Å². The summed E-state index contributed by atoms with van der Waals surface area (Å²) in [6.45, 7) is 7.76. The van der Waals surface area contributed by atoms with Gasteiger partial charge in [-0.3, -0.25) is 0 Å². The van der Waals surface area contributed by atoms with Gasteiger partial charge < -0.3 is 10.1 Å². The molecule has 2 nitrogen and oxygen atoms in total. The number of ether oxygens (including phenoxy) is 1. The fourth-order valence-electron chi connectivity index (χ4n) is 2.88. The number of thiophene rings is 1. The standard InChI is InChI=1S/C16H27NOS/c1-4-6-14-11-13(8-9-18-14)17-16(12(2)3)15-7-5-10-19-15/h5,7,10,12-14,16-17H,4,6,8-9,11H2,1-3H3. The molecule has 108 valence electrons. The minimum absolute atomic E-state index is 0.465. The number of nitrogens with one attached hydrogen (secondary N) is 1. The lowest BCUT2D eigenvalue weighted by atomic mass is 9.96. The van der Waals surface area contributed by atoms with E-state index in [-0.39, 0.29) is 0 Å². The molecule has 1 aromatic heterocycles. The van der Waals surface area contributed by atoms with Crippen LogP contribution < -0.4 is 5.32 Å². The number of hydrogen-bond acceptors (Lipinski definition) is 3. The van der Waals surface area contributed by atoms with E-state index in [2.05, 4.69) is 43.6 Å². The highest BCUT2D eigenvalue weighted by atomic mass is 32.1. The summed E-state index contributed by atoms with van der Waals surface area (Å²) in [6.07, 6.45) is 5.20. The Morgan fingerprint density at radius 3 is 2.95 bits per heavy atom. The fourth-order valence-corrected chi connectivity index (χ4v) is 3.84. The van der Waals surface area contributed by atoms with Gasteiger partial charge in [0.1, 0.15) is 0 Å². The third-order valence-corrected chi connectivity index (χ3v) is 4.86. The Morgan fingerprint density at radius 1 is 1.47 bits per heavy atom. The van der Waals surface area contributed by atoms with Crippen molar-refractivity contribution in [2.24, 2.45) is 5.92 Å². The zero-order valence-electron chi connectivity index (χ0n) is 12.4. The minimum Gasteiger partial charge on any atom is -0.378 e. The van der Waals surface area contributed by atoms with Crippen LogP contribution in [0.25, 0.3) is 0 Å². The lowest BCUT2D eigenvalue weighted by molar-refractivity contribution is -0.00599. The van der Waals surface area contributed by atoms with Gasteiger partial charge >= 0.3 is 0 Å². The summed E-state index contributed by atoms with van der Waals surface area (Å²) in [5, 5.41) is 6.05. The van der Waals surface area contributed by atoms with Crippen LogP contribution in [0, 0.1) is 5.92 Å². The van der Waals surface area contributed by atoms with Crippen molar-refractivity contribution in [2.45, 2.75) is 64.6 Å². The van der Waals surface area contributed by atoms with E-state index < -0.39 is 0 Å². The monoisotopic (exact) mass is 281 g/mol. The van der Waals surface area contributed by atoms with Crippen molar-refractivity contribution < 1.29 is 4.74 Å². The Labute approximate surface area is 121 Å². The van der Waals surface area contributed by atoms with Crippen molar-refractivity contribution in [1.82, 2.24) is 5.32 Å². The summed E-state index contributed by atoms with van der Waals surface area (Å²) in [6, 6.07) is 5.51. The molecule has 1 aliphatic heterocycles. The van der Waals surface area contributed by atoms with Crippen molar-refractivity contribution in [1.29, 1.82) is 0 Å². The highest BCUT2D eigenvalue weighted by Gasteiger charge is 2.26. The van der Waals surface area contributed by atoms with E-state index >= 15 is 0 Å². The Morgan fingerprint density at radius 2 is 2.32 bits per heavy atom. The van der Waals surface area contributed by atoms with Crippen molar-refractivity contribution in [2.75, 3.05) is 6.61 Å². The molecule has 3 atom stereocenters. The maximum Gasteiger partial charge on any atom is 0.0589 e. The third kappa shape index (κ3) is 4.30. The molecule has 1 aromatic rings. The van der Waals surface area contributed by atoms with Gasteiger partial charge in [-0.15, -0.1) is 11.3 Å². The van der Waals surface area contributed by atoms with E-state index in [0.717, 1.165) is 13.0 Å². The quantitative estimate of drug-likeness (QED) is 0.835. The summed E-state index contributed by atoms with van der Waals surface area (Å²) in [5.74, 6) is 0.631. The van der Waals surface area contributed by atoms with Crippen LogP contribution in [0.4, 0.5) is 0 Å². The van der Waals surface area contributed by atoms with Crippen molar-refractivity contribution in [3.8, 4) is 0 Å². The van der Waals surface area contributed by atoms with Gasteiger partial charge in [0.2, 0.25) is 0 Å². The second kappa shape index (κ2) is 7.41. The van der Waals surface area contributed by atoms with E-state index in [1.54, 1.807) is 0 Å². The first kappa shape index (κ1) is 15.0. The topological polar surface area (TPSA) is 21.3 Å². The summed E-state index contributed by atoms with van der Waals surface area (Å²) in [7, 11) is 0. The zero-order valence-corrected chi connectivity index (χ0v) is 13.2. The summed E-state index contributed by atoms with van der Waals surface area (Å²) in [4.78, 5) is 1.47. The lowest BCUT2D eigenvalue weighted by Gasteiger charge is -2.34. The summed E-state index contributed by atoms with van der Waals surface area (Å²) in [5.41, 5.74) is 0. The van der Waals surface area contributed by atoms with Crippen LogP contribution in [0.1, 0.15) is 57.4 Å². The largest absolute Gasteiger partial charge is 0.378 e. The molecular formula is C16H27NOS. The van der Waals surface area contributed by atoms with Crippen LogP contribution >= 0.6 is 11.3 Å². The molecule has 0 amide bonds. The van der Waals surface area contributed by atoms with Crippen LogP contribution in [0.2, 0.25) is 0 Å². The predicted molar refractivity (Wildman–Crippen MR) is 82.7 cm³/mol. The minimum atomic E-state index is 0.465. The Kier molecular flexibility index (Phi) is 5.86. The van der Waals surface area contributed by atoms with Crippen LogP contribution in [0.3, 0.4) is 0 Å². The second-order valence-corrected chi connectivity index (χ2v) is 6.89. The molecule has 3 unspecified atom stereocenters. The van der Waals surface area contributed by atoms with Gasteiger partial charge in [-0.25, -0.2) is 0 Å². The molecule has 1 N–H and O–H groups in total. The first-order valence-corrected chi connectivity index (χ1v) is 8.49. The van der Waals surface area contributed by atoms with Crippen molar-refractivity contribution >= 4 is 11.3 Å². The van der Waals surface area contributed by atoms with Crippen LogP contribution in [0.5, 0.6) is 0 Å². The molecule has 1 fully saturated rings. The maximum atomic E-state index is 5.84. The predicted octanol–water partition coefficient (Wildman–Crippen LogP) is 4.38. The maximum absolute atomic E-state index is 5.84. The molecular weight excluding hydrogens is 254 g/mol. The third-order valence-electron chi connectivity index (χ3n) is 3.91. The molecule has 1 saturated heterocycles. The molecule has 0 spiro atoms. The molecule has 0 saturated carbocycles.